The molecule has 7 nitrogen and oxygen atoms in total. The average molecular weight is 426 g/mol. The van der Waals surface area contributed by atoms with E-state index in [2.05, 4.69) is 15.0 Å². The van der Waals surface area contributed by atoms with Gasteiger partial charge < -0.3 is 10.1 Å². The lowest BCUT2D eigenvalue weighted by Gasteiger charge is -2.14. The van der Waals surface area contributed by atoms with Gasteiger partial charge in [0.15, 0.2) is 0 Å². The third-order valence-corrected chi connectivity index (χ3v) is 4.63. The summed E-state index contributed by atoms with van der Waals surface area (Å²) < 4.78 is 5.96. The summed E-state index contributed by atoms with van der Waals surface area (Å²) in [4.78, 5) is 41.3. The van der Waals surface area contributed by atoms with E-state index in [1.165, 1.54) is 17.7 Å². The molecule has 0 aliphatic rings. The number of nitrogens with one attached hydrogen (secondary N) is 1. The fourth-order valence-electron chi connectivity index (χ4n) is 2.89. The van der Waals surface area contributed by atoms with E-state index in [4.69, 9.17) is 11.6 Å². The van der Waals surface area contributed by atoms with Crippen LogP contribution in [0.4, 0.5) is 5.69 Å². The molecule has 0 radical (unpaired) electrons. The summed E-state index contributed by atoms with van der Waals surface area (Å²) in [6.07, 6.45) is 0.586. The molecule has 8 heteroatoms. The standard InChI is InChI=1S/C22H20ClN3O4/c1-3-17-12-20(28)26(21(25-17)15-5-4-6-16(23)11-15)13-19(27)24-18-9-7-14(8-10-18)22(29)30-2/h4-12H,3,13H2,1-2H3,(H,24,27). The van der Waals surface area contributed by atoms with Gasteiger partial charge in [0.05, 0.1) is 12.7 Å². The van der Waals surface area contributed by atoms with E-state index in [1.807, 2.05) is 6.92 Å². The van der Waals surface area contributed by atoms with E-state index in [0.29, 0.717) is 39.8 Å². The number of carbonyl (C=O) groups excluding carboxylic acids is 2. The molecule has 0 saturated carbocycles. The van der Waals surface area contributed by atoms with Crippen LogP contribution in [0.15, 0.2) is 59.4 Å². The monoisotopic (exact) mass is 425 g/mol. The lowest BCUT2D eigenvalue weighted by Crippen LogP contribution is -2.30. The zero-order chi connectivity index (χ0) is 21.7. The van der Waals surface area contributed by atoms with Crippen molar-refractivity contribution in [3.63, 3.8) is 0 Å². The SMILES string of the molecule is CCc1cc(=O)n(CC(=O)Nc2ccc(C(=O)OC)cc2)c(-c2cccc(Cl)c2)n1. The van der Waals surface area contributed by atoms with Crippen molar-refractivity contribution < 1.29 is 14.3 Å². The van der Waals surface area contributed by atoms with Gasteiger partial charge in [0.1, 0.15) is 12.4 Å². The Hall–Kier alpha value is -3.45. The Balaban J connectivity index is 1.87. The Kier molecular flexibility index (Phi) is 6.64. The summed E-state index contributed by atoms with van der Waals surface area (Å²) in [6, 6.07) is 14.7. The molecular weight excluding hydrogens is 406 g/mol. The average Bonchev–Trinajstić information content (AvgIpc) is 2.74. The number of ether oxygens (including phenoxy) is 1. The predicted molar refractivity (Wildman–Crippen MR) is 115 cm³/mol. The van der Waals surface area contributed by atoms with Crippen LogP contribution in [0.5, 0.6) is 0 Å². The molecule has 0 aliphatic carbocycles. The van der Waals surface area contributed by atoms with Crippen molar-refractivity contribution in [1.29, 1.82) is 0 Å². The van der Waals surface area contributed by atoms with Gasteiger partial charge in [0.25, 0.3) is 5.56 Å². The summed E-state index contributed by atoms with van der Waals surface area (Å²) in [5, 5.41) is 3.22. The topological polar surface area (TPSA) is 90.3 Å². The fraction of sp³-hybridized carbons (Fsp3) is 0.182. The van der Waals surface area contributed by atoms with Crippen molar-refractivity contribution in [3.8, 4) is 11.4 Å². The Morgan fingerprint density at radius 2 is 1.87 bits per heavy atom. The van der Waals surface area contributed by atoms with Gasteiger partial charge in [-0.15, -0.1) is 0 Å². The van der Waals surface area contributed by atoms with Crippen molar-refractivity contribution in [3.05, 3.63) is 81.2 Å². The molecule has 1 aromatic heterocycles. The minimum Gasteiger partial charge on any atom is -0.465 e. The van der Waals surface area contributed by atoms with Gasteiger partial charge in [-0.3, -0.25) is 14.2 Å². The minimum absolute atomic E-state index is 0.226. The number of hydrogen-bond acceptors (Lipinski definition) is 5. The molecule has 30 heavy (non-hydrogen) atoms. The first-order valence-corrected chi connectivity index (χ1v) is 9.64. The number of benzene rings is 2. The third kappa shape index (κ3) is 4.93. The summed E-state index contributed by atoms with van der Waals surface area (Å²) in [7, 11) is 1.30. The maximum absolute atomic E-state index is 12.7. The number of nitrogens with zero attached hydrogens (tertiary/aromatic N) is 2. The smallest absolute Gasteiger partial charge is 0.337 e. The number of methoxy groups -OCH3 is 1. The van der Waals surface area contributed by atoms with E-state index >= 15 is 0 Å². The summed E-state index contributed by atoms with van der Waals surface area (Å²) in [6.45, 7) is 1.68. The second-order valence-corrected chi connectivity index (χ2v) is 6.91. The van der Waals surface area contributed by atoms with Crippen LogP contribution in [-0.4, -0.2) is 28.5 Å². The molecule has 1 N–H and O–H groups in total. The number of esters is 1. The zero-order valence-corrected chi connectivity index (χ0v) is 17.3. The van der Waals surface area contributed by atoms with Gasteiger partial charge in [-0.1, -0.05) is 30.7 Å². The second-order valence-electron chi connectivity index (χ2n) is 6.48. The van der Waals surface area contributed by atoms with Gasteiger partial charge in [0, 0.05) is 28.0 Å². The lowest BCUT2D eigenvalue weighted by atomic mass is 10.2. The van der Waals surface area contributed by atoms with Crippen LogP contribution >= 0.6 is 11.6 Å². The van der Waals surface area contributed by atoms with Crippen LogP contribution in [0, 0.1) is 0 Å². The zero-order valence-electron chi connectivity index (χ0n) is 16.5. The highest BCUT2D eigenvalue weighted by molar-refractivity contribution is 6.30. The summed E-state index contributed by atoms with van der Waals surface area (Å²) in [5.74, 6) is -0.497. The highest BCUT2D eigenvalue weighted by atomic mass is 35.5. The van der Waals surface area contributed by atoms with Gasteiger partial charge in [-0.25, -0.2) is 9.78 Å². The van der Waals surface area contributed by atoms with Gasteiger partial charge in [-0.2, -0.15) is 0 Å². The molecule has 0 aliphatic heterocycles. The maximum Gasteiger partial charge on any atom is 0.337 e. The molecule has 3 aromatic rings. The number of anilines is 1. The van der Waals surface area contributed by atoms with E-state index in [0.717, 1.165) is 0 Å². The molecule has 0 spiro atoms. The van der Waals surface area contributed by atoms with Crippen LogP contribution in [0.3, 0.4) is 0 Å². The van der Waals surface area contributed by atoms with Gasteiger partial charge in [0.2, 0.25) is 5.91 Å². The molecule has 2 aromatic carbocycles. The van der Waals surface area contributed by atoms with Crippen molar-refractivity contribution in [2.45, 2.75) is 19.9 Å². The molecule has 1 heterocycles. The van der Waals surface area contributed by atoms with Crippen LogP contribution < -0.4 is 10.9 Å². The number of halogens is 1. The van der Waals surface area contributed by atoms with Gasteiger partial charge in [-0.05, 0) is 42.8 Å². The Morgan fingerprint density at radius 3 is 2.50 bits per heavy atom. The van der Waals surface area contributed by atoms with Crippen molar-refractivity contribution in [2.75, 3.05) is 12.4 Å². The van der Waals surface area contributed by atoms with Crippen molar-refractivity contribution in [2.24, 2.45) is 0 Å². The van der Waals surface area contributed by atoms with Crippen LogP contribution in [0.25, 0.3) is 11.4 Å². The highest BCUT2D eigenvalue weighted by Gasteiger charge is 2.14. The first-order valence-electron chi connectivity index (χ1n) is 9.26. The number of hydrogen-bond donors (Lipinski definition) is 1. The molecule has 0 unspecified atom stereocenters. The quantitative estimate of drug-likeness (QED) is 0.610. The van der Waals surface area contributed by atoms with Crippen LogP contribution in [0.2, 0.25) is 5.02 Å². The number of aromatic nitrogens is 2. The Bertz CT molecular complexity index is 1140. The van der Waals surface area contributed by atoms with Gasteiger partial charge >= 0.3 is 5.97 Å². The molecule has 154 valence electrons. The number of carbonyl (C=O) groups is 2. The molecule has 3 rings (SSSR count). The molecule has 0 bridgehead atoms. The Labute approximate surface area is 178 Å². The minimum atomic E-state index is -0.465. The van der Waals surface area contributed by atoms with Crippen LogP contribution in [-0.2, 0) is 22.5 Å². The highest BCUT2D eigenvalue weighted by Crippen LogP contribution is 2.21. The van der Waals surface area contributed by atoms with E-state index < -0.39 is 11.9 Å². The van der Waals surface area contributed by atoms with E-state index in [9.17, 15) is 14.4 Å². The van der Waals surface area contributed by atoms with Crippen molar-refractivity contribution in [1.82, 2.24) is 9.55 Å². The molecule has 1 amide bonds. The summed E-state index contributed by atoms with van der Waals surface area (Å²) >= 11 is 6.09. The first-order chi connectivity index (χ1) is 14.4. The Morgan fingerprint density at radius 1 is 1.13 bits per heavy atom. The molecule has 0 fully saturated rings. The van der Waals surface area contributed by atoms with E-state index in [-0.39, 0.29) is 12.1 Å². The van der Waals surface area contributed by atoms with Crippen molar-refractivity contribution >= 4 is 29.2 Å². The fourth-order valence-corrected chi connectivity index (χ4v) is 3.08. The largest absolute Gasteiger partial charge is 0.465 e. The van der Waals surface area contributed by atoms with Crippen LogP contribution in [0.1, 0.15) is 23.0 Å². The number of aryl methyl sites for hydroxylation is 1. The number of rotatable bonds is 6. The van der Waals surface area contributed by atoms with E-state index in [1.54, 1.807) is 48.5 Å². The molecule has 0 atom stereocenters. The lowest BCUT2D eigenvalue weighted by molar-refractivity contribution is -0.116. The number of amides is 1. The summed E-state index contributed by atoms with van der Waals surface area (Å²) in [5.41, 5.74) is 1.81. The molecule has 0 saturated heterocycles. The third-order valence-electron chi connectivity index (χ3n) is 4.40. The maximum atomic E-state index is 12.7. The first kappa shape index (κ1) is 21.3. The normalized spacial score (nSPS) is 10.5. The molecular formula is C22H20ClN3O4. The second kappa shape index (κ2) is 9.37. The predicted octanol–water partition coefficient (Wildman–Crippen LogP) is 3.55.